The predicted molar refractivity (Wildman–Crippen MR) is 104 cm³/mol. The zero-order chi connectivity index (χ0) is 17.7. The Morgan fingerprint density at radius 3 is 2.54 bits per heavy atom. The maximum atomic E-state index is 4.74. The molecule has 1 N–H and O–H groups in total. The average Bonchev–Trinajstić information content (AvgIpc) is 3.12. The van der Waals surface area contributed by atoms with Crippen molar-refractivity contribution in [2.24, 2.45) is 4.99 Å². The summed E-state index contributed by atoms with van der Waals surface area (Å²) in [6, 6.07) is 0. The fraction of sp³-hybridized carbons (Fsp3) is 0.588. The topological polar surface area (TPSA) is 53.4 Å². The van der Waals surface area contributed by atoms with E-state index < -0.39 is 0 Å². The van der Waals surface area contributed by atoms with Crippen molar-refractivity contribution >= 4 is 28.6 Å². The number of hydrogen-bond donors (Lipinski definition) is 1. The minimum absolute atomic E-state index is 0.115. The standard InChI is InChI=1S/C17H27N5S2/c1-12-20-13(10-23-12)9-22(6)16(18-5)19-8-7-15-21-14(11-24-15)17(2,3)4/h10-11H,7-9H2,1-6H3,(H,18,19). The maximum absolute atomic E-state index is 4.74. The first-order valence-electron chi connectivity index (χ1n) is 8.07. The van der Waals surface area contributed by atoms with Crippen LogP contribution in [0.25, 0.3) is 0 Å². The van der Waals surface area contributed by atoms with E-state index in [1.54, 1.807) is 22.7 Å². The molecule has 0 fully saturated rings. The average molecular weight is 366 g/mol. The van der Waals surface area contributed by atoms with Gasteiger partial charge in [-0.15, -0.1) is 22.7 Å². The zero-order valence-electron chi connectivity index (χ0n) is 15.4. The van der Waals surface area contributed by atoms with E-state index in [1.165, 1.54) is 10.7 Å². The van der Waals surface area contributed by atoms with Crippen LogP contribution in [0.3, 0.4) is 0 Å². The molecule has 132 valence electrons. The lowest BCUT2D eigenvalue weighted by Gasteiger charge is -2.21. The van der Waals surface area contributed by atoms with E-state index in [2.05, 4.69) is 51.7 Å². The van der Waals surface area contributed by atoms with E-state index in [0.29, 0.717) is 0 Å². The monoisotopic (exact) mass is 365 g/mol. The lowest BCUT2D eigenvalue weighted by Crippen LogP contribution is -2.39. The molecule has 0 saturated carbocycles. The molecule has 2 heterocycles. The highest BCUT2D eigenvalue weighted by Gasteiger charge is 2.17. The van der Waals surface area contributed by atoms with Gasteiger partial charge in [0.1, 0.15) is 0 Å². The summed E-state index contributed by atoms with van der Waals surface area (Å²) in [6.07, 6.45) is 0.906. The third-order valence-electron chi connectivity index (χ3n) is 3.58. The van der Waals surface area contributed by atoms with Crippen molar-refractivity contribution in [1.29, 1.82) is 0 Å². The van der Waals surface area contributed by atoms with Crippen LogP contribution >= 0.6 is 22.7 Å². The SMILES string of the molecule is CN=C(NCCc1nc(C(C)(C)C)cs1)N(C)Cc1csc(C)n1. The van der Waals surface area contributed by atoms with E-state index >= 15 is 0 Å². The number of guanidine groups is 1. The minimum atomic E-state index is 0.115. The number of nitrogens with zero attached hydrogens (tertiary/aromatic N) is 4. The highest BCUT2D eigenvalue weighted by Crippen LogP contribution is 2.23. The van der Waals surface area contributed by atoms with Gasteiger partial charge in [-0.2, -0.15) is 0 Å². The smallest absolute Gasteiger partial charge is 0.193 e. The second-order valence-electron chi connectivity index (χ2n) is 6.81. The van der Waals surface area contributed by atoms with E-state index in [1.807, 2.05) is 21.0 Å². The lowest BCUT2D eigenvalue weighted by molar-refractivity contribution is 0.471. The molecule has 0 atom stereocenters. The first-order chi connectivity index (χ1) is 11.3. The zero-order valence-corrected chi connectivity index (χ0v) is 17.0. The van der Waals surface area contributed by atoms with Gasteiger partial charge in [0, 0.05) is 43.2 Å². The lowest BCUT2D eigenvalue weighted by atomic mass is 9.93. The number of aryl methyl sites for hydroxylation is 1. The normalized spacial score (nSPS) is 12.5. The number of aliphatic imine (C=N–C) groups is 1. The van der Waals surface area contributed by atoms with Gasteiger partial charge in [-0.3, -0.25) is 4.99 Å². The summed E-state index contributed by atoms with van der Waals surface area (Å²) >= 11 is 3.42. The highest BCUT2D eigenvalue weighted by molar-refractivity contribution is 7.09. The Bertz CT molecular complexity index is 681. The molecule has 7 heteroatoms. The number of aromatic nitrogens is 2. The second-order valence-corrected chi connectivity index (χ2v) is 8.82. The van der Waals surface area contributed by atoms with Crippen LogP contribution in [0.4, 0.5) is 0 Å². The predicted octanol–water partition coefficient (Wildman–Crippen LogP) is 3.46. The molecular weight excluding hydrogens is 338 g/mol. The molecule has 0 aliphatic rings. The van der Waals surface area contributed by atoms with E-state index in [-0.39, 0.29) is 5.41 Å². The maximum Gasteiger partial charge on any atom is 0.193 e. The van der Waals surface area contributed by atoms with Crippen LogP contribution in [-0.2, 0) is 18.4 Å². The molecule has 0 aromatic carbocycles. The molecule has 0 spiro atoms. The molecule has 0 saturated heterocycles. The summed E-state index contributed by atoms with van der Waals surface area (Å²) in [6.45, 7) is 10.2. The number of thiazole rings is 2. The van der Waals surface area contributed by atoms with E-state index in [0.717, 1.165) is 36.2 Å². The van der Waals surface area contributed by atoms with Crippen LogP contribution in [0, 0.1) is 6.92 Å². The van der Waals surface area contributed by atoms with Gasteiger partial charge in [0.25, 0.3) is 0 Å². The van der Waals surface area contributed by atoms with E-state index in [4.69, 9.17) is 4.98 Å². The Labute approximate surface area is 152 Å². The van der Waals surface area contributed by atoms with Crippen molar-refractivity contribution in [3.05, 3.63) is 32.2 Å². The third kappa shape index (κ3) is 5.27. The number of rotatable bonds is 5. The molecule has 0 bridgehead atoms. The van der Waals surface area contributed by atoms with Gasteiger partial charge in [-0.05, 0) is 6.92 Å². The minimum Gasteiger partial charge on any atom is -0.356 e. The summed E-state index contributed by atoms with van der Waals surface area (Å²) in [5.74, 6) is 0.883. The molecular formula is C17H27N5S2. The van der Waals surface area contributed by atoms with Crippen molar-refractivity contribution < 1.29 is 0 Å². The summed E-state index contributed by atoms with van der Waals surface area (Å²) in [5, 5.41) is 9.94. The number of nitrogens with one attached hydrogen (secondary N) is 1. The molecule has 2 rings (SSSR count). The summed E-state index contributed by atoms with van der Waals surface area (Å²) in [4.78, 5) is 15.7. The number of hydrogen-bond acceptors (Lipinski definition) is 5. The fourth-order valence-electron chi connectivity index (χ4n) is 2.23. The quantitative estimate of drug-likeness (QED) is 0.651. The Morgan fingerprint density at radius 1 is 1.25 bits per heavy atom. The van der Waals surface area contributed by atoms with Crippen LogP contribution in [0.2, 0.25) is 0 Å². The molecule has 0 radical (unpaired) electrons. The van der Waals surface area contributed by atoms with Crippen LogP contribution < -0.4 is 5.32 Å². The molecule has 0 amide bonds. The fourth-order valence-corrected chi connectivity index (χ4v) is 3.86. The second kappa shape index (κ2) is 8.07. The molecule has 2 aromatic heterocycles. The van der Waals surface area contributed by atoms with Gasteiger partial charge in [0.15, 0.2) is 5.96 Å². The first-order valence-corrected chi connectivity index (χ1v) is 9.83. The summed E-state index contributed by atoms with van der Waals surface area (Å²) in [7, 11) is 3.84. The highest BCUT2D eigenvalue weighted by atomic mass is 32.1. The van der Waals surface area contributed by atoms with Crippen molar-refractivity contribution in [3.8, 4) is 0 Å². The van der Waals surface area contributed by atoms with Crippen molar-refractivity contribution in [3.63, 3.8) is 0 Å². The van der Waals surface area contributed by atoms with Gasteiger partial charge in [0.05, 0.1) is 27.9 Å². The van der Waals surface area contributed by atoms with Gasteiger partial charge in [0.2, 0.25) is 0 Å². The Kier molecular flexibility index (Phi) is 6.34. The van der Waals surface area contributed by atoms with E-state index in [9.17, 15) is 0 Å². The van der Waals surface area contributed by atoms with Crippen molar-refractivity contribution in [2.45, 2.75) is 46.1 Å². The molecule has 2 aromatic rings. The molecule has 5 nitrogen and oxygen atoms in total. The van der Waals surface area contributed by atoms with Crippen molar-refractivity contribution in [2.75, 3.05) is 20.6 Å². The third-order valence-corrected chi connectivity index (χ3v) is 5.31. The Balaban J connectivity index is 1.84. The Hall–Kier alpha value is -1.47. The van der Waals surface area contributed by atoms with Gasteiger partial charge < -0.3 is 10.2 Å². The van der Waals surface area contributed by atoms with Crippen LogP contribution in [0.5, 0.6) is 0 Å². The van der Waals surface area contributed by atoms with Crippen LogP contribution in [0.1, 0.15) is 42.2 Å². The molecule has 24 heavy (non-hydrogen) atoms. The largest absolute Gasteiger partial charge is 0.356 e. The van der Waals surface area contributed by atoms with Gasteiger partial charge in [-0.1, -0.05) is 20.8 Å². The first kappa shape index (κ1) is 18.9. The van der Waals surface area contributed by atoms with Crippen molar-refractivity contribution in [1.82, 2.24) is 20.2 Å². The van der Waals surface area contributed by atoms with Crippen LogP contribution in [0.15, 0.2) is 15.8 Å². The summed E-state index contributed by atoms with van der Waals surface area (Å²) < 4.78 is 0. The van der Waals surface area contributed by atoms with Gasteiger partial charge in [-0.25, -0.2) is 9.97 Å². The molecule has 0 aliphatic carbocycles. The Morgan fingerprint density at radius 2 is 2.00 bits per heavy atom. The summed E-state index contributed by atoms with van der Waals surface area (Å²) in [5.41, 5.74) is 2.37. The molecule has 0 aliphatic heterocycles. The molecule has 0 unspecified atom stereocenters. The van der Waals surface area contributed by atoms with Gasteiger partial charge >= 0.3 is 0 Å². The van der Waals surface area contributed by atoms with Crippen LogP contribution in [-0.4, -0.2) is 41.5 Å².